The van der Waals surface area contributed by atoms with Gasteiger partial charge in [0.15, 0.2) is 0 Å². The van der Waals surface area contributed by atoms with Gasteiger partial charge in [-0.25, -0.2) is 0 Å². The molecule has 11 rings (SSSR count). The summed E-state index contributed by atoms with van der Waals surface area (Å²) in [5.41, 5.74) is 25.5. The molecule has 61 heavy (non-hydrogen) atoms. The van der Waals surface area contributed by atoms with Crippen LogP contribution in [0.2, 0.25) is 0 Å². The average Bonchev–Trinajstić information content (AvgIpc) is 3.55. The first kappa shape index (κ1) is 39.2. The second-order valence-corrected chi connectivity index (χ2v) is 24.2. The van der Waals surface area contributed by atoms with Crippen LogP contribution in [0.1, 0.15) is 166 Å². The lowest BCUT2D eigenvalue weighted by molar-refractivity contribution is 0.327. The standard InChI is InChI=1S/C57H65BN2O/c1-32-16-21-46-36(26-32)49-51(61-46)58-41-19-18-37-47-50(41)60(43-31-39-38(55(11,12)22-23-56(39,13)14)30-40(43)57(47,15)25-24-54(37,9)10)45-29-35(53(6,7)8)28-44(48(45)58)59(49)42-20-17-34(27-33(42)2)52(3,4)5/h16-21,26-31H,22-25H2,1-15H3. The highest BCUT2D eigenvalue weighted by Gasteiger charge is 2.55. The number of furan rings is 1. The average molecular weight is 805 g/mol. The number of nitrogens with zero attached hydrogens (tertiary/aromatic N) is 2. The molecule has 0 spiro atoms. The van der Waals surface area contributed by atoms with Gasteiger partial charge in [-0.05, 0) is 158 Å². The first-order chi connectivity index (χ1) is 28.4. The zero-order valence-corrected chi connectivity index (χ0v) is 39.6. The number of hydrogen-bond donors (Lipinski definition) is 0. The molecule has 0 radical (unpaired) electrons. The number of benzene rings is 5. The van der Waals surface area contributed by atoms with Gasteiger partial charge in [0.2, 0.25) is 0 Å². The fraction of sp³-hybridized carbons (Fsp3) is 0.439. The molecule has 0 amide bonds. The van der Waals surface area contributed by atoms with Crippen molar-refractivity contribution in [3.05, 3.63) is 123 Å². The molecule has 4 heterocycles. The van der Waals surface area contributed by atoms with E-state index in [1.54, 1.807) is 11.1 Å². The third-order valence-electron chi connectivity index (χ3n) is 16.5. The summed E-state index contributed by atoms with van der Waals surface area (Å²) in [5, 5.41) is 1.18. The maximum atomic E-state index is 7.34. The van der Waals surface area contributed by atoms with Crippen LogP contribution in [0.4, 0.5) is 34.1 Å². The van der Waals surface area contributed by atoms with Gasteiger partial charge in [-0.15, -0.1) is 0 Å². The molecule has 2 aliphatic carbocycles. The van der Waals surface area contributed by atoms with E-state index in [4.69, 9.17) is 4.42 Å². The van der Waals surface area contributed by atoms with Gasteiger partial charge in [-0.2, -0.15) is 0 Å². The molecular weight excluding hydrogens is 739 g/mol. The van der Waals surface area contributed by atoms with Gasteiger partial charge < -0.3 is 14.2 Å². The first-order valence-corrected chi connectivity index (χ1v) is 23.2. The maximum Gasteiger partial charge on any atom is 0.297 e. The van der Waals surface area contributed by atoms with Crippen molar-refractivity contribution >= 4 is 68.4 Å². The Bertz CT molecular complexity index is 2920. The van der Waals surface area contributed by atoms with E-state index < -0.39 is 0 Å². The van der Waals surface area contributed by atoms with Gasteiger partial charge in [0.05, 0.1) is 17.0 Å². The molecule has 3 nitrogen and oxygen atoms in total. The minimum Gasteiger partial charge on any atom is -0.468 e. The summed E-state index contributed by atoms with van der Waals surface area (Å²) >= 11 is 0. The van der Waals surface area contributed by atoms with Crippen molar-refractivity contribution in [1.82, 2.24) is 0 Å². The summed E-state index contributed by atoms with van der Waals surface area (Å²) in [7, 11) is 0. The summed E-state index contributed by atoms with van der Waals surface area (Å²) < 4.78 is 7.34. The van der Waals surface area contributed by atoms with Gasteiger partial charge in [0, 0.05) is 33.6 Å². The highest BCUT2D eigenvalue weighted by Crippen LogP contribution is 2.63. The van der Waals surface area contributed by atoms with Crippen molar-refractivity contribution in [2.45, 2.75) is 162 Å². The number of rotatable bonds is 1. The van der Waals surface area contributed by atoms with E-state index in [9.17, 15) is 0 Å². The van der Waals surface area contributed by atoms with Crippen molar-refractivity contribution in [1.29, 1.82) is 0 Å². The molecule has 0 fully saturated rings. The fourth-order valence-corrected chi connectivity index (χ4v) is 12.4. The third kappa shape index (κ3) is 5.17. The van der Waals surface area contributed by atoms with Crippen molar-refractivity contribution in [2.75, 3.05) is 9.80 Å². The van der Waals surface area contributed by atoms with Crippen LogP contribution in [0, 0.1) is 13.8 Å². The lowest BCUT2D eigenvalue weighted by Gasteiger charge is -2.55. The van der Waals surface area contributed by atoms with Crippen molar-refractivity contribution < 1.29 is 4.42 Å². The Morgan fingerprint density at radius 3 is 1.79 bits per heavy atom. The second-order valence-electron chi connectivity index (χ2n) is 24.2. The minimum atomic E-state index is -0.128. The topological polar surface area (TPSA) is 19.6 Å². The monoisotopic (exact) mass is 805 g/mol. The molecule has 5 aromatic carbocycles. The quantitative estimate of drug-likeness (QED) is 0.154. The van der Waals surface area contributed by atoms with Crippen LogP contribution in [-0.2, 0) is 32.5 Å². The van der Waals surface area contributed by atoms with Crippen LogP contribution in [0.25, 0.3) is 11.0 Å². The third-order valence-corrected chi connectivity index (χ3v) is 16.5. The second kappa shape index (κ2) is 11.9. The van der Waals surface area contributed by atoms with Gasteiger partial charge >= 0.3 is 0 Å². The lowest BCUT2D eigenvalue weighted by Crippen LogP contribution is -2.62. The maximum absolute atomic E-state index is 7.34. The number of hydrogen-bond acceptors (Lipinski definition) is 3. The Hall–Kier alpha value is -4.70. The largest absolute Gasteiger partial charge is 0.468 e. The molecule has 6 aromatic rings. The van der Waals surface area contributed by atoms with Gasteiger partial charge in [0.25, 0.3) is 6.71 Å². The highest BCUT2D eigenvalue weighted by molar-refractivity contribution is 7.00. The van der Waals surface area contributed by atoms with Crippen LogP contribution in [0.15, 0.2) is 77.2 Å². The number of fused-ring (bicyclic) bond motifs is 10. The Morgan fingerprint density at radius 2 is 1.15 bits per heavy atom. The highest BCUT2D eigenvalue weighted by atomic mass is 16.3. The molecule has 1 unspecified atom stereocenters. The van der Waals surface area contributed by atoms with Gasteiger partial charge in [-0.1, -0.05) is 132 Å². The van der Waals surface area contributed by atoms with E-state index >= 15 is 0 Å². The molecule has 312 valence electrons. The van der Waals surface area contributed by atoms with E-state index in [-0.39, 0.29) is 39.2 Å². The molecule has 0 saturated heterocycles. The molecule has 0 N–H and O–H groups in total. The van der Waals surface area contributed by atoms with Gasteiger partial charge in [-0.3, -0.25) is 0 Å². The molecule has 0 saturated carbocycles. The minimum absolute atomic E-state index is 0.0444. The Balaban J connectivity index is 1.32. The molecule has 5 aliphatic rings. The molecule has 0 bridgehead atoms. The Labute approximate surface area is 366 Å². The Morgan fingerprint density at radius 1 is 0.541 bits per heavy atom. The summed E-state index contributed by atoms with van der Waals surface area (Å²) in [6.07, 6.45) is 4.69. The van der Waals surface area contributed by atoms with E-state index in [0.717, 1.165) is 24.1 Å². The van der Waals surface area contributed by atoms with E-state index in [1.165, 1.54) is 102 Å². The predicted molar refractivity (Wildman–Crippen MR) is 261 cm³/mol. The summed E-state index contributed by atoms with van der Waals surface area (Å²) in [6.45, 7) is 36.1. The van der Waals surface area contributed by atoms with Crippen LogP contribution in [0.3, 0.4) is 0 Å². The summed E-state index contributed by atoms with van der Waals surface area (Å²) in [5.74, 6) is 0. The van der Waals surface area contributed by atoms with E-state index in [1.807, 2.05) is 0 Å². The zero-order valence-electron chi connectivity index (χ0n) is 39.6. The zero-order chi connectivity index (χ0) is 43.3. The molecular formula is C57H65BN2O. The summed E-state index contributed by atoms with van der Waals surface area (Å²) in [4.78, 5) is 5.38. The van der Waals surface area contributed by atoms with Crippen LogP contribution >= 0.6 is 0 Å². The molecule has 1 atom stereocenters. The first-order valence-electron chi connectivity index (χ1n) is 23.2. The van der Waals surface area contributed by atoms with Crippen LogP contribution in [-0.4, -0.2) is 6.71 Å². The number of aryl methyl sites for hydroxylation is 2. The smallest absolute Gasteiger partial charge is 0.297 e. The van der Waals surface area contributed by atoms with Crippen molar-refractivity contribution in [3.63, 3.8) is 0 Å². The summed E-state index contributed by atoms with van der Waals surface area (Å²) in [6, 6.07) is 29.5. The fourth-order valence-electron chi connectivity index (χ4n) is 12.4. The van der Waals surface area contributed by atoms with E-state index in [0.29, 0.717) is 0 Å². The predicted octanol–water partition coefficient (Wildman–Crippen LogP) is 13.8. The van der Waals surface area contributed by atoms with Gasteiger partial charge in [0.1, 0.15) is 5.58 Å². The molecule has 1 aromatic heterocycles. The normalized spacial score (nSPS) is 21.1. The SMILES string of the molecule is Cc1ccc2oc3c(c2c1)N(c1ccc(C(C)(C)C)cc1C)c1cc(C(C)(C)C)cc2c1B3c1ccc3c4c1N2c1cc2c(cc1C4(C)CCC3(C)C)C(C)(C)CCC2(C)C. The number of anilines is 6. The van der Waals surface area contributed by atoms with Crippen molar-refractivity contribution in [3.8, 4) is 0 Å². The Kier molecular flexibility index (Phi) is 7.61. The van der Waals surface area contributed by atoms with E-state index in [2.05, 4.69) is 186 Å². The van der Waals surface area contributed by atoms with Crippen LogP contribution in [0.5, 0.6) is 0 Å². The van der Waals surface area contributed by atoms with Crippen LogP contribution < -0.4 is 26.4 Å². The lowest BCUT2D eigenvalue weighted by atomic mass is 9.34. The molecule has 3 aliphatic heterocycles. The van der Waals surface area contributed by atoms with Crippen molar-refractivity contribution in [2.24, 2.45) is 0 Å². The molecule has 4 heteroatoms.